The molecule has 2 rings (SSSR count). The van der Waals surface area contributed by atoms with Gasteiger partial charge in [-0.3, -0.25) is 5.10 Å². The van der Waals surface area contributed by atoms with E-state index >= 15 is 0 Å². The fraction of sp³-hybridized carbons (Fsp3) is 0.250. The van der Waals surface area contributed by atoms with Crippen LogP contribution in [0.4, 0.5) is 5.69 Å². The number of nitriles is 1. The predicted octanol–water partition coefficient (Wildman–Crippen LogP) is 1.86. The van der Waals surface area contributed by atoms with Gasteiger partial charge in [-0.05, 0) is 19.1 Å². The summed E-state index contributed by atoms with van der Waals surface area (Å²) in [6, 6.07) is 7.31. The number of rotatable bonds is 4. The molecule has 18 heavy (non-hydrogen) atoms. The van der Waals surface area contributed by atoms with E-state index in [-0.39, 0.29) is 6.04 Å². The summed E-state index contributed by atoms with van der Waals surface area (Å²) in [6.45, 7) is 1.93. The number of nitrogens with zero attached hydrogens (tertiary/aromatic N) is 3. The molecule has 0 saturated carbocycles. The molecule has 0 saturated heterocycles. The Morgan fingerprint density at radius 2 is 2.33 bits per heavy atom. The SMILES string of the molecule is COc1ccc(C#N)c(NC(C)c2ncn[nH]2)c1. The monoisotopic (exact) mass is 243 g/mol. The molecule has 0 aliphatic heterocycles. The molecule has 92 valence electrons. The van der Waals surface area contributed by atoms with Gasteiger partial charge in [0.1, 0.15) is 24.0 Å². The zero-order valence-electron chi connectivity index (χ0n) is 10.1. The van der Waals surface area contributed by atoms with Crippen molar-refractivity contribution in [1.82, 2.24) is 15.2 Å². The third-order valence-corrected chi connectivity index (χ3v) is 2.56. The molecule has 1 atom stereocenters. The maximum Gasteiger partial charge on any atom is 0.146 e. The fourth-order valence-corrected chi connectivity index (χ4v) is 1.59. The Morgan fingerprint density at radius 3 is 2.94 bits per heavy atom. The first kappa shape index (κ1) is 11.9. The second kappa shape index (κ2) is 5.19. The molecule has 2 aromatic rings. The minimum atomic E-state index is -0.0771. The molecular formula is C12H13N5O. The van der Waals surface area contributed by atoms with Gasteiger partial charge in [-0.25, -0.2) is 4.98 Å². The van der Waals surface area contributed by atoms with E-state index in [1.165, 1.54) is 6.33 Å². The molecule has 6 heteroatoms. The van der Waals surface area contributed by atoms with Crippen molar-refractivity contribution in [2.45, 2.75) is 13.0 Å². The van der Waals surface area contributed by atoms with Crippen LogP contribution in [0.3, 0.4) is 0 Å². The van der Waals surface area contributed by atoms with Crippen molar-refractivity contribution in [3.05, 3.63) is 35.9 Å². The molecule has 6 nitrogen and oxygen atoms in total. The molecule has 1 aromatic carbocycles. The van der Waals surface area contributed by atoms with E-state index < -0.39 is 0 Å². The number of H-pyrrole nitrogens is 1. The van der Waals surface area contributed by atoms with Crippen molar-refractivity contribution in [3.63, 3.8) is 0 Å². The largest absolute Gasteiger partial charge is 0.497 e. The number of methoxy groups -OCH3 is 1. The second-order valence-corrected chi connectivity index (χ2v) is 3.76. The highest BCUT2D eigenvalue weighted by Gasteiger charge is 2.11. The normalized spacial score (nSPS) is 11.6. The summed E-state index contributed by atoms with van der Waals surface area (Å²) < 4.78 is 5.14. The van der Waals surface area contributed by atoms with Crippen LogP contribution in [0.2, 0.25) is 0 Å². The van der Waals surface area contributed by atoms with Crippen LogP contribution in [0.15, 0.2) is 24.5 Å². The van der Waals surface area contributed by atoms with Crippen LogP contribution in [0, 0.1) is 11.3 Å². The van der Waals surface area contributed by atoms with Crippen LogP contribution in [0.5, 0.6) is 5.75 Å². The van der Waals surface area contributed by atoms with Crippen molar-refractivity contribution in [2.24, 2.45) is 0 Å². The average molecular weight is 243 g/mol. The number of hydrogen-bond acceptors (Lipinski definition) is 5. The lowest BCUT2D eigenvalue weighted by molar-refractivity contribution is 0.415. The summed E-state index contributed by atoms with van der Waals surface area (Å²) in [4.78, 5) is 4.07. The lowest BCUT2D eigenvalue weighted by Crippen LogP contribution is -2.09. The van der Waals surface area contributed by atoms with Gasteiger partial charge < -0.3 is 10.1 Å². The molecular weight excluding hydrogens is 230 g/mol. The smallest absolute Gasteiger partial charge is 0.146 e. The van der Waals surface area contributed by atoms with Gasteiger partial charge in [0.2, 0.25) is 0 Å². The molecule has 2 N–H and O–H groups in total. The summed E-state index contributed by atoms with van der Waals surface area (Å²) in [5.74, 6) is 1.41. The number of benzene rings is 1. The Bertz CT molecular complexity index is 558. The highest BCUT2D eigenvalue weighted by atomic mass is 16.5. The van der Waals surface area contributed by atoms with E-state index in [0.717, 1.165) is 0 Å². The molecule has 1 unspecified atom stereocenters. The standard InChI is InChI=1S/C12H13N5O/c1-8(12-14-7-15-17-12)16-11-5-10(18-2)4-3-9(11)6-13/h3-5,7-8,16H,1-2H3,(H,14,15,17). The first-order valence-electron chi connectivity index (χ1n) is 5.44. The van der Waals surface area contributed by atoms with Crippen LogP contribution in [-0.2, 0) is 0 Å². The van der Waals surface area contributed by atoms with E-state index in [1.54, 1.807) is 25.3 Å². The summed E-state index contributed by atoms with van der Waals surface area (Å²) >= 11 is 0. The molecule has 1 aromatic heterocycles. The molecule has 0 aliphatic carbocycles. The van der Waals surface area contributed by atoms with E-state index in [1.807, 2.05) is 6.92 Å². The first-order valence-corrected chi connectivity index (χ1v) is 5.44. The van der Waals surface area contributed by atoms with Crippen LogP contribution in [-0.4, -0.2) is 22.3 Å². The number of aromatic amines is 1. The van der Waals surface area contributed by atoms with Crippen LogP contribution in [0.1, 0.15) is 24.4 Å². The summed E-state index contributed by atoms with van der Waals surface area (Å²) in [5.41, 5.74) is 1.27. The fourth-order valence-electron chi connectivity index (χ4n) is 1.59. The van der Waals surface area contributed by atoms with E-state index in [0.29, 0.717) is 22.8 Å². The highest BCUT2D eigenvalue weighted by Crippen LogP contribution is 2.25. The van der Waals surface area contributed by atoms with Gasteiger partial charge in [-0.15, -0.1) is 0 Å². The third-order valence-electron chi connectivity index (χ3n) is 2.56. The maximum atomic E-state index is 9.06. The van der Waals surface area contributed by atoms with Crippen molar-refractivity contribution < 1.29 is 4.74 Å². The predicted molar refractivity (Wildman–Crippen MR) is 66.1 cm³/mol. The van der Waals surface area contributed by atoms with E-state index in [9.17, 15) is 0 Å². The minimum Gasteiger partial charge on any atom is -0.497 e. The van der Waals surface area contributed by atoms with Gasteiger partial charge in [-0.1, -0.05) is 0 Å². The highest BCUT2D eigenvalue weighted by molar-refractivity contribution is 5.61. The minimum absolute atomic E-state index is 0.0771. The number of anilines is 1. The Hall–Kier alpha value is -2.55. The van der Waals surface area contributed by atoms with Gasteiger partial charge in [-0.2, -0.15) is 10.4 Å². The molecule has 0 radical (unpaired) electrons. The molecule has 0 aliphatic rings. The number of ether oxygens (including phenoxy) is 1. The van der Waals surface area contributed by atoms with E-state index in [2.05, 4.69) is 26.6 Å². The van der Waals surface area contributed by atoms with Gasteiger partial charge in [0, 0.05) is 6.07 Å². The lowest BCUT2D eigenvalue weighted by Gasteiger charge is -2.14. The first-order chi connectivity index (χ1) is 8.74. The summed E-state index contributed by atoms with van der Waals surface area (Å²) in [7, 11) is 1.59. The summed E-state index contributed by atoms with van der Waals surface area (Å²) in [5, 5.41) is 18.8. The second-order valence-electron chi connectivity index (χ2n) is 3.76. The molecule has 0 amide bonds. The Kier molecular flexibility index (Phi) is 3.44. The van der Waals surface area contributed by atoms with Crippen LogP contribution < -0.4 is 10.1 Å². The van der Waals surface area contributed by atoms with Crippen molar-refractivity contribution in [2.75, 3.05) is 12.4 Å². The molecule has 0 spiro atoms. The summed E-state index contributed by atoms with van der Waals surface area (Å²) in [6.07, 6.45) is 1.45. The van der Waals surface area contributed by atoms with Crippen LogP contribution >= 0.6 is 0 Å². The lowest BCUT2D eigenvalue weighted by atomic mass is 10.1. The zero-order valence-corrected chi connectivity index (χ0v) is 10.1. The Morgan fingerprint density at radius 1 is 1.50 bits per heavy atom. The number of nitrogens with one attached hydrogen (secondary N) is 2. The molecule has 1 heterocycles. The Balaban J connectivity index is 2.25. The molecule has 0 fully saturated rings. The molecule has 0 bridgehead atoms. The van der Waals surface area contributed by atoms with Crippen molar-refractivity contribution >= 4 is 5.69 Å². The number of aromatic nitrogens is 3. The average Bonchev–Trinajstić information content (AvgIpc) is 2.92. The van der Waals surface area contributed by atoms with Gasteiger partial charge in [0.25, 0.3) is 0 Å². The quantitative estimate of drug-likeness (QED) is 0.855. The van der Waals surface area contributed by atoms with Gasteiger partial charge in [0.15, 0.2) is 0 Å². The number of hydrogen-bond donors (Lipinski definition) is 2. The van der Waals surface area contributed by atoms with Gasteiger partial charge in [0.05, 0.1) is 24.4 Å². The van der Waals surface area contributed by atoms with Crippen LogP contribution in [0.25, 0.3) is 0 Å². The van der Waals surface area contributed by atoms with Crippen molar-refractivity contribution in [1.29, 1.82) is 5.26 Å². The van der Waals surface area contributed by atoms with E-state index in [4.69, 9.17) is 10.00 Å². The maximum absolute atomic E-state index is 9.06. The van der Waals surface area contributed by atoms with Gasteiger partial charge >= 0.3 is 0 Å². The Labute approximate surface area is 105 Å². The topological polar surface area (TPSA) is 86.6 Å². The third kappa shape index (κ3) is 2.40. The zero-order chi connectivity index (χ0) is 13.0. The van der Waals surface area contributed by atoms with Crippen molar-refractivity contribution in [3.8, 4) is 11.8 Å².